The molecule has 4 heteroatoms. The second kappa shape index (κ2) is 4.93. The third-order valence-corrected chi connectivity index (χ3v) is 3.25. The molecule has 1 heterocycles. The van der Waals surface area contributed by atoms with Crippen molar-refractivity contribution in [3.8, 4) is 5.75 Å². The van der Waals surface area contributed by atoms with Crippen LogP contribution in [-0.2, 0) is 0 Å². The molecule has 1 saturated heterocycles. The molecule has 88 valence electrons. The SMILES string of the molecule is CN1CCCC(Nc2ccc(O)c(Cl)c2)C1. The highest BCUT2D eigenvalue weighted by molar-refractivity contribution is 6.32. The molecular weight excluding hydrogens is 224 g/mol. The highest BCUT2D eigenvalue weighted by atomic mass is 35.5. The zero-order chi connectivity index (χ0) is 11.5. The van der Waals surface area contributed by atoms with Crippen LogP contribution in [0.1, 0.15) is 12.8 Å². The first kappa shape index (κ1) is 11.6. The van der Waals surface area contributed by atoms with Gasteiger partial charge >= 0.3 is 0 Å². The summed E-state index contributed by atoms with van der Waals surface area (Å²) in [7, 11) is 2.14. The first-order valence-electron chi connectivity index (χ1n) is 5.59. The largest absolute Gasteiger partial charge is 0.506 e. The molecule has 2 rings (SSSR count). The monoisotopic (exact) mass is 240 g/mol. The lowest BCUT2D eigenvalue weighted by atomic mass is 10.1. The summed E-state index contributed by atoms with van der Waals surface area (Å²) < 4.78 is 0. The van der Waals surface area contributed by atoms with Gasteiger partial charge in [0.2, 0.25) is 0 Å². The molecule has 0 aromatic heterocycles. The molecular formula is C12H17ClN2O. The molecule has 0 bridgehead atoms. The Morgan fingerprint density at radius 3 is 3.00 bits per heavy atom. The molecule has 0 amide bonds. The minimum Gasteiger partial charge on any atom is -0.506 e. The van der Waals surface area contributed by atoms with Gasteiger partial charge in [0.15, 0.2) is 0 Å². The zero-order valence-electron chi connectivity index (χ0n) is 9.41. The summed E-state index contributed by atoms with van der Waals surface area (Å²) >= 11 is 5.86. The normalized spacial score (nSPS) is 22.0. The van der Waals surface area contributed by atoms with E-state index in [0.29, 0.717) is 11.1 Å². The van der Waals surface area contributed by atoms with Crippen LogP contribution < -0.4 is 5.32 Å². The number of phenols is 1. The van der Waals surface area contributed by atoms with Gasteiger partial charge in [0.1, 0.15) is 5.75 Å². The van der Waals surface area contributed by atoms with E-state index in [1.54, 1.807) is 12.1 Å². The van der Waals surface area contributed by atoms with Crippen LogP contribution in [0.5, 0.6) is 5.75 Å². The number of likely N-dealkylation sites (N-methyl/N-ethyl adjacent to an activating group) is 1. The predicted octanol–water partition coefficient (Wildman–Crippen LogP) is 2.55. The number of nitrogens with zero attached hydrogens (tertiary/aromatic N) is 1. The van der Waals surface area contributed by atoms with Gasteiger partial charge in [-0.1, -0.05) is 11.6 Å². The summed E-state index contributed by atoms with van der Waals surface area (Å²) in [6, 6.07) is 5.72. The first-order chi connectivity index (χ1) is 7.65. The Kier molecular flexibility index (Phi) is 3.56. The van der Waals surface area contributed by atoms with Gasteiger partial charge < -0.3 is 15.3 Å². The summed E-state index contributed by atoms with van der Waals surface area (Å²) in [5, 5.41) is 13.2. The number of benzene rings is 1. The number of phenolic OH excluding ortho intramolecular Hbond substituents is 1. The van der Waals surface area contributed by atoms with E-state index < -0.39 is 0 Å². The van der Waals surface area contributed by atoms with E-state index in [4.69, 9.17) is 11.6 Å². The second-order valence-corrected chi connectivity index (χ2v) is 4.82. The third kappa shape index (κ3) is 2.80. The Balaban J connectivity index is 2.00. The minimum atomic E-state index is 0.132. The average molecular weight is 241 g/mol. The zero-order valence-corrected chi connectivity index (χ0v) is 10.2. The van der Waals surface area contributed by atoms with Crippen molar-refractivity contribution < 1.29 is 5.11 Å². The van der Waals surface area contributed by atoms with E-state index >= 15 is 0 Å². The maximum atomic E-state index is 9.32. The highest BCUT2D eigenvalue weighted by Crippen LogP contribution is 2.27. The standard InChI is InChI=1S/C12H17ClN2O/c1-15-6-2-3-10(8-15)14-9-4-5-12(16)11(13)7-9/h4-5,7,10,14,16H,2-3,6,8H2,1H3. The van der Waals surface area contributed by atoms with Crippen LogP contribution in [0, 0.1) is 0 Å². The molecule has 1 aliphatic rings. The third-order valence-electron chi connectivity index (χ3n) is 2.94. The van der Waals surface area contributed by atoms with Crippen molar-refractivity contribution in [1.82, 2.24) is 4.90 Å². The molecule has 0 saturated carbocycles. The first-order valence-corrected chi connectivity index (χ1v) is 5.96. The Morgan fingerprint density at radius 2 is 2.31 bits per heavy atom. The number of halogens is 1. The van der Waals surface area contributed by atoms with E-state index in [-0.39, 0.29) is 5.75 Å². The molecule has 1 aliphatic heterocycles. The van der Waals surface area contributed by atoms with Crippen molar-refractivity contribution in [3.63, 3.8) is 0 Å². The summed E-state index contributed by atoms with van der Waals surface area (Å²) in [4.78, 5) is 2.32. The van der Waals surface area contributed by atoms with Crippen LogP contribution in [-0.4, -0.2) is 36.2 Å². The van der Waals surface area contributed by atoms with E-state index in [1.165, 1.54) is 19.4 Å². The average Bonchev–Trinajstić information content (AvgIpc) is 2.24. The van der Waals surface area contributed by atoms with Crippen LogP contribution in [0.3, 0.4) is 0 Å². The summed E-state index contributed by atoms with van der Waals surface area (Å²) in [5.41, 5.74) is 0.975. The number of likely N-dealkylation sites (tertiary alicyclic amines) is 1. The van der Waals surface area contributed by atoms with Crippen molar-refractivity contribution in [2.75, 3.05) is 25.5 Å². The smallest absolute Gasteiger partial charge is 0.134 e. The Hall–Kier alpha value is -0.930. The molecule has 1 aromatic rings. The molecule has 0 radical (unpaired) electrons. The van der Waals surface area contributed by atoms with Crippen LogP contribution in [0.2, 0.25) is 5.02 Å². The van der Waals surface area contributed by atoms with Crippen LogP contribution in [0.4, 0.5) is 5.69 Å². The molecule has 1 aromatic carbocycles. The van der Waals surface area contributed by atoms with Gasteiger partial charge in [0.25, 0.3) is 0 Å². The molecule has 2 N–H and O–H groups in total. The number of hydrogen-bond acceptors (Lipinski definition) is 3. The summed E-state index contributed by atoms with van der Waals surface area (Å²) in [6.45, 7) is 2.23. The van der Waals surface area contributed by atoms with Crippen molar-refractivity contribution >= 4 is 17.3 Å². The van der Waals surface area contributed by atoms with Crippen LogP contribution >= 0.6 is 11.6 Å². The second-order valence-electron chi connectivity index (χ2n) is 4.41. The molecule has 0 aliphatic carbocycles. The van der Waals surface area contributed by atoms with E-state index in [2.05, 4.69) is 17.3 Å². The maximum absolute atomic E-state index is 9.32. The lowest BCUT2D eigenvalue weighted by Gasteiger charge is -2.30. The van der Waals surface area contributed by atoms with Crippen molar-refractivity contribution in [3.05, 3.63) is 23.2 Å². The van der Waals surface area contributed by atoms with Crippen molar-refractivity contribution in [2.45, 2.75) is 18.9 Å². The van der Waals surface area contributed by atoms with Gasteiger partial charge in [-0.2, -0.15) is 0 Å². The number of rotatable bonds is 2. The topological polar surface area (TPSA) is 35.5 Å². The maximum Gasteiger partial charge on any atom is 0.134 e. The van der Waals surface area contributed by atoms with E-state index in [9.17, 15) is 5.11 Å². The number of aromatic hydroxyl groups is 1. The quantitative estimate of drug-likeness (QED) is 0.780. The Labute approximate surface area is 101 Å². The van der Waals surface area contributed by atoms with Crippen LogP contribution in [0.25, 0.3) is 0 Å². The van der Waals surface area contributed by atoms with Crippen LogP contribution in [0.15, 0.2) is 18.2 Å². The van der Waals surface area contributed by atoms with Crippen molar-refractivity contribution in [1.29, 1.82) is 0 Å². The van der Waals surface area contributed by atoms with E-state index in [1.807, 2.05) is 6.07 Å². The molecule has 0 spiro atoms. The molecule has 1 atom stereocenters. The number of anilines is 1. The predicted molar refractivity (Wildman–Crippen MR) is 67.3 cm³/mol. The Morgan fingerprint density at radius 1 is 1.50 bits per heavy atom. The van der Waals surface area contributed by atoms with Gasteiger partial charge in [0, 0.05) is 18.3 Å². The van der Waals surface area contributed by atoms with Gasteiger partial charge in [-0.3, -0.25) is 0 Å². The fourth-order valence-electron chi connectivity index (χ4n) is 2.12. The van der Waals surface area contributed by atoms with E-state index in [0.717, 1.165) is 12.2 Å². The fourth-order valence-corrected chi connectivity index (χ4v) is 2.30. The van der Waals surface area contributed by atoms with Crippen molar-refractivity contribution in [2.24, 2.45) is 0 Å². The fraction of sp³-hybridized carbons (Fsp3) is 0.500. The Bertz CT molecular complexity index is 370. The molecule has 3 nitrogen and oxygen atoms in total. The summed E-state index contributed by atoms with van der Waals surface area (Å²) in [5.74, 6) is 0.132. The number of piperidine rings is 1. The minimum absolute atomic E-state index is 0.132. The number of hydrogen-bond donors (Lipinski definition) is 2. The molecule has 1 unspecified atom stereocenters. The highest BCUT2D eigenvalue weighted by Gasteiger charge is 2.16. The molecule has 16 heavy (non-hydrogen) atoms. The lowest BCUT2D eigenvalue weighted by Crippen LogP contribution is -2.39. The summed E-state index contributed by atoms with van der Waals surface area (Å²) in [6.07, 6.45) is 2.41. The van der Waals surface area contributed by atoms with Gasteiger partial charge in [0.05, 0.1) is 5.02 Å². The lowest BCUT2D eigenvalue weighted by molar-refractivity contribution is 0.261. The number of nitrogens with one attached hydrogen (secondary N) is 1. The molecule has 1 fully saturated rings. The van der Waals surface area contributed by atoms with Gasteiger partial charge in [-0.15, -0.1) is 0 Å². The van der Waals surface area contributed by atoms with Gasteiger partial charge in [-0.25, -0.2) is 0 Å². The van der Waals surface area contributed by atoms with Gasteiger partial charge in [-0.05, 0) is 44.6 Å².